The van der Waals surface area contributed by atoms with Crippen LogP contribution in [0.3, 0.4) is 0 Å². The molecule has 3 nitrogen and oxygen atoms in total. The van der Waals surface area contributed by atoms with E-state index in [2.05, 4.69) is 24.3 Å². The Bertz CT molecular complexity index is 1310. The van der Waals surface area contributed by atoms with E-state index in [-0.39, 0.29) is 11.9 Å². The standard InChI is InChI=1S/C29H20ClNO2/c30-24-18-16-20(17-19-24)25-28(22-12-6-2-7-13-22,23-14-8-3-9-15-23)29(25)27(32)33-26(31-29)21-10-4-1-5-11-21/h1-19,25H/t25-,29+/m1/s1. The smallest absolute Gasteiger partial charge is 0.342 e. The highest BCUT2D eigenvalue weighted by Crippen LogP contribution is 2.75. The predicted molar refractivity (Wildman–Crippen MR) is 130 cm³/mol. The molecule has 2 aliphatic rings. The summed E-state index contributed by atoms with van der Waals surface area (Å²) in [5.74, 6) is -0.192. The summed E-state index contributed by atoms with van der Waals surface area (Å²) in [5.41, 5.74) is 2.06. The van der Waals surface area contributed by atoms with Gasteiger partial charge in [0.05, 0.1) is 5.41 Å². The highest BCUT2D eigenvalue weighted by atomic mass is 35.5. The lowest BCUT2D eigenvalue weighted by Crippen LogP contribution is -2.29. The number of benzene rings is 4. The summed E-state index contributed by atoms with van der Waals surface area (Å²) in [6.45, 7) is 0. The average molecular weight is 450 g/mol. The lowest BCUT2D eigenvalue weighted by atomic mass is 9.82. The van der Waals surface area contributed by atoms with Crippen LogP contribution in [0.25, 0.3) is 0 Å². The minimum Gasteiger partial charge on any atom is -0.405 e. The van der Waals surface area contributed by atoms with Gasteiger partial charge in [-0.1, -0.05) is 103 Å². The maximum Gasteiger partial charge on any atom is 0.342 e. The minimum atomic E-state index is -1.10. The number of aliphatic imine (C=N–C) groups is 1. The van der Waals surface area contributed by atoms with Gasteiger partial charge in [0.1, 0.15) is 0 Å². The van der Waals surface area contributed by atoms with Gasteiger partial charge in [0, 0.05) is 16.5 Å². The van der Waals surface area contributed by atoms with Gasteiger partial charge in [-0.2, -0.15) is 0 Å². The molecule has 160 valence electrons. The second-order valence-corrected chi connectivity index (χ2v) is 8.90. The summed E-state index contributed by atoms with van der Waals surface area (Å²) in [4.78, 5) is 18.9. The molecule has 0 N–H and O–H groups in total. The summed E-state index contributed by atoms with van der Waals surface area (Å²) in [5, 5.41) is 0.654. The Balaban J connectivity index is 1.65. The molecule has 1 saturated carbocycles. The van der Waals surface area contributed by atoms with Crippen LogP contribution >= 0.6 is 11.6 Å². The number of carbonyl (C=O) groups is 1. The SMILES string of the molecule is O=C1OC(c2ccccc2)=N[C@@]12[C@H](c1ccc(Cl)cc1)C2(c1ccccc1)c1ccccc1. The van der Waals surface area contributed by atoms with Crippen molar-refractivity contribution in [3.05, 3.63) is 143 Å². The molecule has 1 aliphatic carbocycles. The van der Waals surface area contributed by atoms with Crippen LogP contribution in [0.15, 0.2) is 120 Å². The van der Waals surface area contributed by atoms with Crippen molar-refractivity contribution in [2.45, 2.75) is 16.9 Å². The van der Waals surface area contributed by atoms with Crippen molar-refractivity contribution in [1.29, 1.82) is 0 Å². The zero-order valence-corrected chi connectivity index (χ0v) is 18.4. The van der Waals surface area contributed by atoms with Crippen molar-refractivity contribution < 1.29 is 9.53 Å². The second-order valence-electron chi connectivity index (χ2n) is 8.46. The van der Waals surface area contributed by atoms with Crippen molar-refractivity contribution in [2.75, 3.05) is 0 Å². The van der Waals surface area contributed by atoms with E-state index in [0.717, 1.165) is 22.3 Å². The molecular formula is C29H20ClNO2. The molecule has 6 rings (SSSR count). The number of hydrogen-bond donors (Lipinski definition) is 0. The third-order valence-corrected chi connectivity index (χ3v) is 7.08. The molecule has 0 amide bonds. The van der Waals surface area contributed by atoms with Crippen molar-refractivity contribution in [1.82, 2.24) is 0 Å². The fourth-order valence-corrected chi connectivity index (χ4v) is 5.60. The number of cyclic esters (lactones) is 1. The number of rotatable bonds is 4. The van der Waals surface area contributed by atoms with E-state index in [1.54, 1.807) is 0 Å². The quantitative estimate of drug-likeness (QED) is 0.350. The number of nitrogens with zero attached hydrogens (tertiary/aromatic N) is 1. The molecule has 4 aromatic carbocycles. The third-order valence-electron chi connectivity index (χ3n) is 6.83. The molecule has 1 fully saturated rings. The highest BCUT2D eigenvalue weighted by Gasteiger charge is 2.85. The number of esters is 1. The van der Waals surface area contributed by atoms with Crippen LogP contribution in [0, 0.1) is 0 Å². The van der Waals surface area contributed by atoms with Crippen molar-refractivity contribution in [3.63, 3.8) is 0 Å². The van der Waals surface area contributed by atoms with Gasteiger partial charge in [0.25, 0.3) is 0 Å². The molecule has 1 heterocycles. The lowest BCUT2D eigenvalue weighted by Gasteiger charge is -2.21. The van der Waals surface area contributed by atoms with Crippen LogP contribution in [-0.4, -0.2) is 17.4 Å². The van der Waals surface area contributed by atoms with Gasteiger partial charge in [-0.3, -0.25) is 0 Å². The Morgan fingerprint density at radius 2 is 1.21 bits per heavy atom. The third kappa shape index (κ3) is 2.76. The molecule has 0 unspecified atom stereocenters. The second kappa shape index (κ2) is 7.43. The molecule has 0 radical (unpaired) electrons. The van der Waals surface area contributed by atoms with Crippen LogP contribution in [0.1, 0.15) is 28.2 Å². The number of carbonyl (C=O) groups excluding carboxylic acids is 1. The van der Waals surface area contributed by atoms with E-state index in [1.807, 2.05) is 91.0 Å². The Labute approximate surface area is 197 Å². The van der Waals surface area contributed by atoms with Gasteiger partial charge in [0.2, 0.25) is 5.90 Å². The van der Waals surface area contributed by atoms with Gasteiger partial charge in [-0.15, -0.1) is 0 Å². The summed E-state index contributed by atoms with van der Waals surface area (Å²) < 4.78 is 5.88. The van der Waals surface area contributed by atoms with Gasteiger partial charge in [-0.05, 0) is 41.0 Å². The first kappa shape index (κ1) is 20.0. The molecule has 0 aromatic heterocycles. The maximum absolute atomic E-state index is 13.8. The van der Waals surface area contributed by atoms with Gasteiger partial charge >= 0.3 is 5.97 Å². The number of ether oxygens (including phenoxy) is 1. The van der Waals surface area contributed by atoms with E-state index in [4.69, 9.17) is 21.3 Å². The van der Waals surface area contributed by atoms with Gasteiger partial charge in [-0.25, -0.2) is 9.79 Å². The molecule has 1 aliphatic heterocycles. The van der Waals surface area contributed by atoms with Crippen LogP contribution in [0.5, 0.6) is 0 Å². The zero-order valence-electron chi connectivity index (χ0n) is 17.7. The van der Waals surface area contributed by atoms with Crippen molar-refractivity contribution in [2.24, 2.45) is 4.99 Å². The van der Waals surface area contributed by atoms with Crippen LogP contribution in [0.2, 0.25) is 5.02 Å². The fraction of sp³-hybridized carbons (Fsp3) is 0.103. The Morgan fingerprint density at radius 3 is 1.76 bits per heavy atom. The Morgan fingerprint density at radius 1 is 0.697 bits per heavy atom. The zero-order chi connectivity index (χ0) is 22.5. The molecule has 0 saturated heterocycles. The van der Waals surface area contributed by atoms with E-state index in [0.29, 0.717) is 10.9 Å². The molecule has 1 spiro atoms. The predicted octanol–water partition coefficient (Wildman–Crippen LogP) is 6.17. The molecule has 0 bridgehead atoms. The maximum atomic E-state index is 13.8. The van der Waals surface area contributed by atoms with Crippen molar-refractivity contribution >= 4 is 23.5 Å². The summed E-state index contributed by atoms with van der Waals surface area (Å²) in [6.07, 6.45) is 0. The normalized spacial score (nSPS) is 22.6. The largest absolute Gasteiger partial charge is 0.405 e. The lowest BCUT2D eigenvalue weighted by molar-refractivity contribution is -0.136. The van der Waals surface area contributed by atoms with Crippen LogP contribution < -0.4 is 0 Å². The molecule has 4 heteroatoms. The van der Waals surface area contributed by atoms with Crippen LogP contribution in [-0.2, 0) is 14.9 Å². The molecule has 2 atom stereocenters. The van der Waals surface area contributed by atoms with E-state index in [1.165, 1.54) is 0 Å². The molecule has 33 heavy (non-hydrogen) atoms. The fourth-order valence-electron chi connectivity index (χ4n) is 5.48. The monoisotopic (exact) mass is 449 g/mol. The number of halogens is 1. The van der Waals surface area contributed by atoms with Gasteiger partial charge in [0.15, 0.2) is 5.54 Å². The number of hydrogen-bond acceptors (Lipinski definition) is 3. The summed E-state index contributed by atoms with van der Waals surface area (Å²) in [6, 6.07) is 37.6. The topological polar surface area (TPSA) is 38.7 Å². The Kier molecular flexibility index (Phi) is 4.49. The minimum absolute atomic E-state index is 0.235. The summed E-state index contributed by atoms with van der Waals surface area (Å²) in [7, 11) is 0. The van der Waals surface area contributed by atoms with E-state index in [9.17, 15) is 4.79 Å². The van der Waals surface area contributed by atoms with E-state index < -0.39 is 11.0 Å². The first-order chi connectivity index (χ1) is 16.2. The molecular weight excluding hydrogens is 430 g/mol. The van der Waals surface area contributed by atoms with Crippen molar-refractivity contribution in [3.8, 4) is 0 Å². The first-order valence-electron chi connectivity index (χ1n) is 10.9. The van der Waals surface area contributed by atoms with E-state index >= 15 is 0 Å². The summed E-state index contributed by atoms with van der Waals surface area (Å²) >= 11 is 6.21. The van der Waals surface area contributed by atoms with Crippen LogP contribution in [0.4, 0.5) is 0 Å². The Hall–Kier alpha value is -3.69. The first-order valence-corrected chi connectivity index (χ1v) is 11.3. The highest BCUT2D eigenvalue weighted by molar-refractivity contribution is 6.30. The van der Waals surface area contributed by atoms with Gasteiger partial charge < -0.3 is 4.74 Å². The molecule has 4 aromatic rings. The average Bonchev–Trinajstić information content (AvgIpc) is 3.35.